The molecule has 0 bridgehead atoms. The lowest BCUT2D eigenvalue weighted by molar-refractivity contribution is 0.847. The summed E-state index contributed by atoms with van der Waals surface area (Å²) in [6.45, 7) is 2.13. The highest BCUT2D eigenvalue weighted by molar-refractivity contribution is 5.19. The van der Waals surface area contributed by atoms with E-state index in [9.17, 15) is 0 Å². The Hall–Kier alpha value is -1.71. The quantitative estimate of drug-likeness (QED) is 0.735. The molecular formula is C10H12N4. The Morgan fingerprint density at radius 1 is 1.29 bits per heavy atom. The fourth-order valence-corrected chi connectivity index (χ4v) is 1.29. The van der Waals surface area contributed by atoms with Crippen molar-refractivity contribution in [1.29, 1.82) is 0 Å². The van der Waals surface area contributed by atoms with Gasteiger partial charge >= 0.3 is 0 Å². The fraction of sp³-hybridized carbons (Fsp3) is 0.300. The maximum atomic E-state index is 4.47. The summed E-state index contributed by atoms with van der Waals surface area (Å²) < 4.78 is 1.85. The predicted molar refractivity (Wildman–Crippen MR) is 53.1 cm³/mol. The molecule has 0 atom stereocenters. The molecule has 0 saturated heterocycles. The smallest absolute Gasteiger partial charge is 0.156 e. The molecule has 2 rings (SSSR count). The number of hydrogen-bond acceptors (Lipinski definition) is 3. The van der Waals surface area contributed by atoms with E-state index < -0.39 is 0 Å². The third-order valence-electron chi connectivity index (χ3n) is 1.95. The second kappa shape index (κ2) is 4.00. The van der Waals surface area contributed by atoms with E-state index in [1.807, 2.05) is 17.0 Å². The van der Waals surface area contributed by atoms with Gasteiger partial charge in [-0.1, -0.05) is 13.3 Å². The minimum absolute atomic E-state index is 0.827. The Morgan fingerprint density at radius 3 is 2.93 bits per heavy atom. The van der Waals surface area contributed by atoms with Crippen LogP contribution in [0.25, 0.3) is 5.82 Å². The molecule has 4 nitrogen and oxygen atoms in total. The summed E-state index contributed by atoms with van der Waals surface area (Å²) in [7, 11) is 0. The first-order valence-corrected chi connectivity index (χ1v) is 4.69. The Kier molecular flexibility index (Phi) is 2.53. The molecule has 0 N–H and O–H groups in total. The summed E-state index contributed by atoms with van der Waals surface area (Å²) in [6, 6.07) is 0. The highest BCUT2D eigenvalue weighted by atomic mass is 15.1. The maximum Gasteiger partial charge on any atom is 0.156 e. The number of aromatic nitrogens is 4. The van der Waals surface area contributed by atoms with Crippen molar-refractivity contribution in [2.45, 2.75) is 19.8 Å². The van der Waals surface area contributed by atoms with Crippen LogP contribution in [-0.4, -0.2) is 19.5 Å². The summed E-state index contributed by atoms with van der Waals surface area (Å²) in [5, 5.41) is 0. The SMILES string of the molecule is CCCc1cncc(-n2ccnc2)n1. The number of hydrogen-bond donors (Lipinski definition) is 0. The topological polar surface area (TPSA) is 43.6 Å². The van der Waals surface area contributed by atoms with Crippen LogP contribution >= 0.6 is 0 Å². The van der Waals surface area contributed by atoms with Crippen LogP contribution in [0.15, 0.2) is 31.1 Å². The number of imidazole rings is 1. The molecule has 2 aromatic rings. The predicted octanol–water partition coefficient (Wildman–Crippen LogP) is 1.61. The first-order valence-electron chi connectivity index (χ1n) is 4.69. The monoisotopic (exact) mass is 188 g/mol. The zero-order valence-electron chi connectivity index (χ0n) is 8.09. The van der Waals surface area contributed by atoms with Gasteiger partial charge in [-0.15, -0.1) is 0 Å². The standard InChI is InChI=1S/C10H12N4/c1-2-3-9-6-12-7-10(13-9)14-5-4-11-8-14/h4-8H,2-3H2,1H3. The number of nitrogens with zero attached hydrogens (tertiary/aromatic N) is 4. The second-order valence-electron chi connectivity index (χ2n) is 3.09. The number of rotatable bonds is 3. The largest absolute Gasteiger partial charge is 0.289 e. The molecule has 0 saturated carbocycles. The van der Waals surface area contributed by atoms with Gasteiger partial charge in [-0.3, -0.25) is 9.55 Å². The summed E-state index contributed by atoms with van der Waals surface area (Å²) in [6.07, 6.45) is 10.9. The van der Waals surface area contributed by atoms with Crippen molar-refractivity contribution in [1.82, 2.24) is 19.5 Å². The summed E-state index contributed by atoms with van der Waals surface area (Å²) in [5.41, 5.74) is 1.03. The Bertz CT molecular complexity index is 394. The molecule has 0 unspecified atom stereocenters. The third kappa shape index (κ3) is 1.79. The number of aryl methyl sites for hydroxylation is 1. The van der Waals surface area contributed by atoms with Crippen molar-refractivity contribution in [3.63, 3.8) is 0 Å². The minimum Gasteiger partial charge on any atom is -0.289 e. The van der Waals surface area contributed by atoms with E-state index >= 15 is 0 Å². The first-order chi connectivity index (χ1) is 6.90. The molecule has 0 aliphatic rings. The molecule has 0 aromatic carbocycles. The molecule has 0 aliphatic heterocycles. The molecule has 2 aromatic heterocycles. The second-order valence-corrected chi connectivity index (χ2v) is 3.09. The van der Waals surface area contributed by atoms with Crippen molar-refractivity contribution in [2.24, 2.45) is 0 Å². The van der Waals surface area contributed by atoms with Gasteiger partial charge in [0.2, 0.25) is 0 Å². The molecule has 0 aliphatic carbocycles. The van der Waals surface area contributed by atoms with Gasteiger partial charge in [0.15, 0.2) is 5.82 Å². The Morgan fingerprint density at radius 2 is 2.21 bits per heavy atom. The van der Waals surface area contributed by atoms with Gasteiger partial charge in [-0.2, -0.15) is 0 Å². The molecule has 0 radical (unpaired) electrons. The lowest BCUT2D eigenvalue weighted by Crippen LogP contribution is -1.99. The summed E-state index contributed by atoms with van der Waals surface area (Å²) in [4.78, 5) is 12.6. The van der Waals surface area contributed by atoms with Crippen molar-refractivity contribution < 1.29 is 0 Å². The molecular weight excluding hydrogens is 176 g/mol. The van der Waals surface area contributed by atoms with Gasteiger partial charge in [-0.25, -0.2) is 9.97 Å². The van der Waals surface area contributed by atoms with Gasteiger partial charge in [0.25, 0.3) is 0 Å². The van der Waals surface area contributed by atoms with E-state index in [-0.39, 0.29) is 0 Å². The minimum atomic E-state index is 0.827. The lowest BCUT2D eigenvalue weighted by Gasteiger charge is -2.02. The van der Waals surface area contributed by atoms with Crippen LogP contribution < -0.4 is 0 Å². The van der Waals surface area contributed by atoms with Crippen LogP contribution in [-0.2, 0) is 6.42 Å². The van der Waals surface area contributed by atoms with Crippen molar-refractivity contribution >= 4 is 0 Å². The average molecular weight is 188 g/mol. The average Bonchev–Trinajstić information content (AvgIpc) is 2.71. The molecule has 2 heterocycles. The maximum absolute atomic E-state index is 4.47. The van der Waals surface area contributed by atoms with E-state index in [4.69, 9.17) is 0 Å². The van der Waals surface area contributed by atoms with Crippen LogP contribution in [0.4, 0.5) is 0 Å². The summed E-state index contributed by atoms with van der Waals surface area (Å²) >= 11 is 0. The van der Waals surface area contributed by atoms with Gasteiger partial charge in [-0.05, 0) is 6.42 Å². The molecule has 0 spiro atoms. The zero-order valence-corrected chi connectivity index (χ0v) is 8.09. The highest BCUT2D eigenvalue weighted by Gasteiger charge is 1.99. The van der Waals surface area contributed by atoms with Crippen molar-refractivity contribution in [3.8, 4) is 5.82 Å². The van der Waals surface area contributed by atoms with Crippen LogP contribution in [0, 0.1) is 0 Å². The van der Waals surface area contributed by atoms with Gasteiger partial charge in [0, 0.05) is 18.6 Å². The summed E-state index contributed by atoms with van der Waals surface area (Å²) in [5.74, 6) is 0.827. The normalized spacial score (nSPS) is 10.4. The van der Waals surface area contributed by atoms with E-state index in [0.717, 1.165) is 24.4 Å². The molecule has 0 amide bonds. The van der Waals surface area contributed by atoms with Gasteiger partial charge in [0.1, 0.15) is 6.33 Å². The van der Waals surface area contributed by atoms with E-state index in [2.05, 4.69) is 21.9 Å². The Balaban J connectivity index is 2.31. The first kappa shape index (κ1) is 8.87. The van der Waals surface area contributed by atoms with E-state index in [1.165, 1.54) is 0 Å². The molecule has 72 valence electrons. The molecule has 14 heavy (non-hydrogen) atoms. The van der Waals surface area contributed by atoms with Crippen LogP contribution in [0.1, 0.15) is 19.0 Å². The van der Waals surface area contributed by atoms with E-state index in [1.54, 1.807) is 18.7 Å². The zero-order chi connectivity index (χ0) is 9.80. The highest BCUT2D eigenvalue weighted by Crippen LogP contribution is 2.04. The molecule has 0 fully saturated rings. The van der Waals surface area contributed by atoms with Crippen molar-refractivity contribution in [3.05, 3.63) is 36.8 Å². The van der Waals surface area contributed by atoms with Crippen LogP contribution in [0.5, 0.6) is 0 Å². The van der Waals surface area contributed by atoms with Crippen LogP contribution in [0.2, 0.25) is 0 Å². The van der Waals surface area contributed by atoms with Gasteiger partial charge in [0.05, 0.1) is 11.9 Å². The van der Waals surface area contributed by atoms with Crippen LogP contribution in [0.3, 0.4) is 0 Å². The van der Waals surface area contributed by atoms with Gasteiger partial charge < -0.3 is 0 Å². The Labute approximate surface area is 82.7 Å². The third-order valence-corrected chi connectivity index (χ3v) is 1.95. The fourth-order valence-electron chi connectivity index (χ4n) is 1.29. The lowest BCUT2D eigenvalue weighted by atomic mass is 10.3. The van der Waals surface area contributed by atoms with Crippen molar-refractivity contribution in [2.75, 3.05) is 0 Å². The molecule has 4 heteroatoms. The van der Waals surface area contributed by atoms with E-state index in [0.29, 0.717) is 0 Å².